The van der Waals surface area contributed by atoms with E-state index >= 15 is 0 Å². The first kappa shape index (κ1) is 7.13. The summed E-state index contributed by atoms with van der Waals surface area (Å²) in [6.07, 6.45) is 4.32. The van der Waals surface area contributed by atoms with Gasteiger partial charge < -0.3 is 0 Å². The summed E-state index contributed by atoms with van der Waals surface area (Å²) in [6.45, 7) is 0. The van der Waals surface area contributed by atoms with Crippen molar-refractivity contribution in [2.75, 3.05) is 0 Å². The van der Waals surface area contributed by atoms with Crippen LogP contribution >= 0.6 is 0 Å². The lowest BCUT2D eigenvalue weighted by Gasteiger charge is -1.96. The Labute approximate surface area is 76.5 Å². The van der Waals surface area contributed by atoms with E-state index < -0.39 is 0 Å². The van der Waals surface area contributed by atoms with Crippen LogP contribution in [0.2, 0.25) is 0 Å². The van der Waals surface area contributed by atoms with Gasteiger partial charge in [0.25, 0.3) is 5.56 Å². The third kappa shape index (κ3) is 0.777. The second-order valence-electron chi connectivity index (χ2n) is 2.74. The topological polar surface area (TPSA) is 88.8 Å². The summed E-state index contributed by atoms with van der Waals surface area (Å²) in [4.78, 5) is 21.8. The Morgan fingerprint density at radius 3 is 3.29 bits per heavy atom. The van der Waals surface area contributed by atoms with Crippen molar-refractivity contribution in [1.82, 2.24) is 29.5 Å². The SMILES string of the molecule is O=c1[nH]c2nncn2c2ncncc12. The van der Waals surface area contributed by atoms with Gasteiger partial charge >= 0.3 is 0 Å². The van der Waals surface area contributed by atoms with Gasteiger partial charge in [0.15, 0.2) is 5.65 Å². The molecule has 0 saturated heterocycles. The van der Waals surface area contributed by atoms with E-state index in [0.29, 0.717) is 16.8 Å². The van der Waals surface area contributed by atoms with Gasteiger partial charge in [0, 0.05) is 6.20 Å². The summed E-state index contributed by atoms with van der Waals surface area (Å²) < 4.78 is 1.60. The Morgan fingerprint density at radius 2 is 2.36 bits per heavy atom. The van der Waals surface area contributed by atoms with Gasteiger partial charge in [0.1, 0.15) is 18.0 Å². The second kappa shape index (κ2) is 2.34. The summed E-state index contributed by atoms with van der Waals surface area (Å²) in [5, 5.41) is 7.82. The predicted molar refractivity (Wildman–Crippen MR) is 46.7 cm³/mol. The van der Waals surface area contributed by atoms with Crippen molar-refractivity contribution in [1.29, 1.82) is 0 Å². The molecule has 0 fully saturated rings. The minimum atomic E-state index is -0.263. The molecule has 3 heterocycles. The number of rotatable bonds is 0. The first-order chi connectivity index (χ1) is 6.86. The zero-order valence-corrected chi connectivity index (χ0v) is 6.88. The van der Waals surface area contributed by atoms with Gasteiger partial charge in [-0.25, -0.2) is 9.97 Å². The van der Waals surface area contributed by atoms with Crippen LogP contribution in [0.5, 0.6) is 0 Å². The summed E-state index contributed by atoms with van der Waals surface area (Å²) in [5.41, 5.74) is 0.241. The van der Waals surface area contributed by atoms with E-state index in [2.05, 4.69) is 25.1 Å². The highest BCUT2D eigenvalue weighted by Gasteiger charge is 2.05. The normalized spacial score (nSPS) is 11.1. The Hall–Kier alpha value is -2.31. The number of H-pyrrole nitrogens is 1. The summed E-state index contributed by atoms with van der Waals surface area (Å²) in [5.74, 6) is 0.376. The van der Waals surface area contributed by atoms with E-state index in [9.17, 15) is 4.79 Å². The molecule has 0 aromatic carbocycles. The van der Waals surface area contributed by atoms with Gasteiger partial charge in [-0.1, -0.05) is 0 Å². The average Bonchev–Trinajstić information content (AvgIpc) is 2.66. The van der Waals surface area contributed by atoms with Crippen molar-refractivity contribution in [3.63, 3.8) is 0 Å². The summed E-state index contributed by atoms with van der Waals surface area (Å²) in [6, 6.07) is 0. The van der Waals surface area contributed by atoms with Crippen molar-refractivity contribution in [3.8, 4) is 0 Å². The number of aromatic nitrogens is 6. The van der Waals surface area contributed by atoms with Crippen LogP contribution in [0.25, 0.3) is 16.8 Å². The zero-order valence-electron chi connectivity index (χ0n) is 6.88. The van der Waals surface area contributed by atoms with Crippen molar-refractivity contribution in [2.45, 2.75) is 0 Å². The van der Waals surface area contributed by atoms with Gasteiger partial charge in [-0.15, -0.1) is 10.2 Å². The van der Waals surface area contributed by atoms with Crippen LogP contribution in [0.4, 0.5) is 0 Å². The molecule has 0 aliphatic carbocycles. The number of hydrogen-bond donors (Lipinski definition) is 1. The molecule has 0 aliphatic rings. The molecule has 0 saturated carbocycles. The molecule has 3 aromatic heterocycles. The van der Waals surface area contributed by atoms with E-state index in [1.165, 1.54) is 18.9 Å². The zero-order chi connectivity index (χ0) is 9.54. The standard InChI is InChI=1S/C7H4N6O/c14-6-4-1-8-2-9-5(4)13-3-10-12-7(13)11-6/h1-3H,(H,11,12,14). The van der Waals surface area contributed by atoms with E-state index in [0.717, 1.165) is 0 Å². The van der Waals surface area contributed by atoms with E-state index in [1.807, 2.05) is 0 Å². The quantitative estimate of drug-likeness (QED) is 0.507. The Bertz CT molecular complexity index is 668. The van der Waals surface area contributed by atoms with E-state index in [-0.39, 0.29) is 5.56 Å². The molecule has 7 nitrogen and oxygen atoms in total. The Balaban J connectivity index is 2.74. The van der Waals surface area contributed by atoms with Crippen LogP contribution in [0.1, 0.15) is 0 Å². The van der Waals surface area contributed by atoms with Crippen LogP contribution in [-0.2, 0) is 0 Å². The maximum atomic E-state index is 11.5. The Morgan fingerprint density at radius 1 is 1.43 bits per heavy atom. The minimum Gasteiger partial charge on any atom is -0.290 e. The van der Waals surface area contributed by atoms with Gasteiger partial charge in [-0.3, -0.25) is 14.2 Å². The average molecular weight is 188 g/mol. The molecule has 0 unspecified atom stereocenters. The first-order valence-electron chi connectivity index (χ1n) is 3.88. The number of nitrogens with zero attached hydrogens (tertiary/aromatic N) is 5. The molecular formula is C7H4N6O. The maximum absolute atomic E-state index is 11.5. The minimum absolute atomic E-state index is 0.263. The van der Waals surface area contributed by atoms with Gasteiger partial charge in [-0.2, -0.15) is 0 Å². The fourth-order valence-corrected chi connectivity index (χ4v) is 1.32. The third-order valence-corrected chi connectivity index (χ3v) is 1.94. The van der Waals surface area contributed by atoms with E-state index in [4.69, 9.17) is 0 Å². The summed E-state index contributed by atoms with van der Waals surface area (Å²) >= 11 is 0. The first-order valence-corrected chi connectivity index (χ1v) is 3.88. The smallest absolute Gasteiger partial charge is 0.263 e. The highest BCUT2D eigenvalue weighted by molar-refractivity contribution is 5.74. The third-order valence-electron chi connectivity index (χ3n) is 1.94. The highest BCUT2D eigenvalue weighted by atomic mass is 16.1. The number of fused-ring (bicyclic) bond motifs is 3. The van der Waals surface area contributed by atoms with Gasteiger partial charge in [-0.05, 0) is 0 Å². The Kier molecular flexibility index (Phi) is 1.19. The molecule has 1 N–H and O–H groups in total. The molecule has 0 bridgehead atoms. The lowest BCUT2D eigenvalue weighted by atomic mass is 10.4. The largest absolute Gasteiger partial charge is 0.290 e. The molecule has 14 heavy (non-hydrogen) atoms. The molecule has 7 heteroatoms. The molecule has 0 atom stereocenters. The van der Waals surface area contributed by atoms with Crippen molar-refractivity contribution in [3.05, 3.63) is 29.2 Å². The molecule has 0 spiro atoms. The fourth-order valence-electron chi connectivity index (χ4n) is 1.32. The molecule has 3 aromatic rings. The summed E-state index contributed by atoms with van der Waals surface area (Å²) in [7, 11) is 0. The maximum Gasteiger partial charge on any atom is 0.263 e. The number of aromatic amines is 1. The highest BCUT2D eigenvalue weighted by Crippen LogP contribution is 2.03. The van der Waals surface area contributed by atoms with Gasteiger partial charge in [0.05, 0.1) is 0 Å². The lowest BCUT2D eigenvalue weighted by Crippen LogP contribution is -2.10. The number of hydrogen-bond acceptors (Lipinski definition) is 5. The molecule has 68 valence electrons. The van der Waals surface area contributed by atoms with Crippen molar-refractivity contribution >= 4 is 16.8 Å². The lowest BCUT2D eigenvalue weighted by molar-refractivity contribution is 1.08. The molecule has 0 radical (unpaired) electrons. The second-order valence-corrected chi connectivity index (χ2v) is 2.74. The van der Waals surface area contributed by atoms with Crippen LogP contribution in [0, 0.1) is 0 Å². The number of nitrogens with one attached hydrogen (secondary N) is 1. The van der Waals surface area contributed by atoms with Crippen LogP contribution in [-0.4, -0.2) is 29.5 Å². The molecule has 0 aliphatic heterocycles. The van der Waals surface area contributed by atoms with Crippen LogP contribution in [0.3, 0.4) is 0 Å². The predicted octanol–water partition coefficient (Wildman–Crippen LogP) is -0.639. The van der Waals surface area contributed by atoms with Crippen LogP contribution in [0.15, 0.2) is 23.6 Å². The van der Waals surface area contributed by atoms with Crippen molar-refractivity contribution in [2.24, 2.45) is 0 Å². The molecular weight excluding hydrogens is 184 g/mol. The van der Waals surface area contributed by atoms with E-state index in [1.54, 1.807) is 4.40 Å². The molecule has 0 amide bonds. The molecule has 3 rings (SSSR count). The van der Waals surface area contributed by atoms with Crippen LogP contribution < -0.4 is 5.56 Å². The fraction of sp³-hybridized carbons (Fsp3) is 0. The monoisotopic (exact) mass is 188 g/mol. The van der Waals surface area contributed by atoms with Crippen molar-refractivity contribution < 1.29 is 0 Å². The van der Waals surface area contributed by atoms with Gasteiger partial charge in [0.2, 0.25) is 5.78 Å².